The molecule has 18 heteroatoms. The van der Waals surface area contributed by atoms with Crippen molar-refractivity contribution in [1.82, 2.24) is 24.9 Å². The standard InChI is InChI=1S/C44H79N5O13/c1-40(2,3)58-34(51)19-16-31(38(55)56)45-33(50)18-17-32(39(57)62-44(13,14)15)49-26-24-47(29-36(53)60-42(7,8)9)22-20-46(28-35(52)59-41(4,5)6)21-23-48(25-27-49)30-37(54)61-43(10,11)12/h31-32H,16-30H2,1-15H3,(H,45,50)(H,55,56). The minimum absolute atomic E-state index is 0.0313. The summed E-state index contributed by atoms with van der Waals surface area (Å²) in [5.74, 6) is -4.53. The van der Waals surface area contributed by atoms with E-state index in [2.05, 4.69) is 5.32 Å². The average molecular weight is 886 g/mol. The van der Waals surface area contributed by atoms with Crippen LogP contribution in [0.3, 0.4) is 0 Å². The molecule has 2 N–H and O–H groups in total. The Bertz CT molecular complexity index is 1460. The second-order valence-electron chi connectivity index (χ2n) is 20.8. The van der Waals surface area contributed by atoms with Crippen LogP contribution >= 0.6 is 0 Å². The number of esters is 5. The number of amides is 1. The normalized spacial score (nSPS) is 17.3. The molecule has 2 atom stereocenters. The molecular formula is C44H79N5O13. The zero-order valence-corrected chi connectivity index (χ0v) is 40.4. The van der Waals surface area contributed by atoms with Crippen LogP contribution in [0.15, 0.2) is 0 Å². The fourth-order valence-corrected chi connectivity index (χ4v) is 6.27. The molecule has 1 saturated heterocycles. The van der Waals surface area contributed by atoms with E-state index in [9.17, 15) is 38.7 Å². The van der Waals surface area contributed by atoms with Crippen LogP contribution in [0.5, 0.6) is 0 Å². The minimum Gasteiger partial charge on any atom is -0.480 e. The Labute approximate surface area is 370 Å². The number of rotatable bonds is 16. The van der Waals surface area contributed by atoms with E-state index in [1.807, 2.05) is 19.6 Å². The van der Waals surface area contributed by atoms with Crippen molar-refractivity contribution in [1.29, 1.82) is 0 Å². The van der Waals surface area contributed by atoms with Crippen LogP contribution in [0.4, 0.5) is 0 Å². The maximum absolute atomic E-state index is 14.1. The second kappa shape index (κ2) is 24.3. The molecule has 18 nitrogen and oxygen atoms in total. The monoisotopic (exact) mass is 886 g/mol. The third-order valence-electron chi connectivity index (χ3n) is 8.64. The number of carbonyl (C=O) groups excluding carboxylic acids is 6. The van der Waals surface area contributed by atoms with E-state index in [4.69, 9.17) is 23.7 Å². The highest BCUT2D eigenvalue weighted by Gasteiger charge is 2.34. The lowest BCUT2D eigenvalue weighted by Gasteiger charge is -2.37. The zero-order valence-electron chi connectivity index (χ0n) is 40.4. The van der Waals surface area contributed by atoms with Gasteiger partial charge in [-0.3, -0.25) is 48.4 Å². The van der Waals surface area contributed by atoms with E-state index in [-0.39, 0.29) is 71.5 Å². The largest absolute Gasteiger partial charge is 0.480 e. The Morgan fingerprint density at radius 2 is 0.790 bits per heavy atom. The molecule has 1 heterocycles. The van der Waals surface area contributed by atoms with Crippen LogP contribution in [0.2, 0.25) is 0 Å². The summed E-state index contributed by atoms with van der Waals surface area (Å²) in [6.45, 7) is 28.3. The molecule has 0 aromatic rings. The predicted octanol–water partition coefficient (Wildman–Crippen LogP) is 3.41. The topological polar surface area (TPSA) is 211 Å². The quantitative estimate of drug-likeness (QED) is 0.168. The van der Waals surface area contributed by atoms with Gasteiger partial charge in [-0.25, -0.2) is 4.79 Å². The molecule has 2 unspecified atom stereocenters. The van der Waals surface area contributed by atoms with E-state index in [0.717, 1.165) is 0 Å². The molecule has 0 bridgehead atoms. The minimum atomic E-state index is -1.38. The van der Waals surface area contributed by atoms with E-state index in [1.165, 1.54) is 0 Å². The molecule has 0 aromatic carbocycles. The van der Waals surface area contributed by atoms with Crippen molar-refractivity contribution in [3.05, 3.63) is 0 Å². The molecule has 0 spiro atoms. The number of nitrogens with zero attached hydrogens (tertiary/aromatic N) is 4. The SMILES string of the molecule is CC(C)(C)OC(=O)CCC(NC(=O)CCC(C(=O)OC(C)(C)C)N1CCN(CC(=O)OC(C)(C)C)CCN(CC(=O)OC(C)(C)C)CCN(CC(=O)OC(C)(C)C)CC1)C(=O)O. The van der Waals surface area contributed by atoms with Gasteiger partial charge in [0.2, 0.25) is 5.91 Å². The van der Waals surface area contributed by atoms with Gasteiger partial charge in [0.05, 0.1) is 19.6 Å². The first-order valence-electron chi connectivity index (χ1n) is 21.6. The fraction of sp³-hybridized carbons (Fsp3) is 0.841. The van der Waals surface area contributed by atoms with E-state index in [0.29, 0.717) is 26.2 Å². The van der Waals surface area contributed by atoms with Crippen LogP contribution in [0, 0.1) is 0 Å². The number of aliphatic carboxylic acids is 1. The summed E-state index contributed by atoms with van der Waals surface area (Å²) < 4.78 is 28.1. The molecule has 1 fully saturated rings. The lowest BCUT2D eigenvalue weighted by Crippen LogP contribution is -2.53. The molecule has 1 rings (SSSR count). The van der Waals surface area contributed by atoms with Crippen molar-refractivity contribution in [3.8, 4) is 0 Å². The van der Waals surface area contributed by atoms with Gasteiger partial charge in [-0.1, -0.05) is 0 Å². The Morgan fingerprint density at radius 1 is 0.468 bits per heavy atom. The number of nitrogens with one attached hydrogen (secondary N) is 1. The van der Waals surface area contributed by atoms with Crippen molar-refractivity contribution >= 4 is 41.7 Å². The summed E-state index contributed by atoms with van der Waals surface area (Å²) in [6.07, 6.45) is -0.768. The first-order chi connectivity index (χ1) is 28.1. The summed E-state index contributed by atoms with van der Waals surface area (Å²) in [5, 5.41) is 12.4. The average Bonchev–Trinajstić information content (AvgIpc) is 3.03. The third-order valence-corrected chi connectivity index (χ3v) is 8.64. The van der Waals surface area contributed by atoms with E-state index < -0.39 is 81.8 Å². The predicted molar refractivity (Wildman–Crippen MR) is 232 cm³/mol. The fourth-order valence-electron chi connectivity index (χ4n) is 6.27. The number of hydrogen-bond acceptors (Lipinski definition) is 16. The Hall–Kier alpha value is -3.87. The van der Waals surface area contributed by atoms with Crippen LogP contribution in [-0.4, -0.2) is 179 Å². The number of carboxylic acids is 1. The summed E-state index contributed by atoms with van der Waals surface area (Å²) in [7, 11) is 0. The summed E-state index contributed by atoms with van der Waals surface area (Å²) in [6, 6.07) is -2.39. The Morgan fingerprint density at radius 3 is 1.11 bits per heavy atom. The number of carbonyl (C=O) groups is 7. The summed E-state index contributed by atoms with van der Waals surface area (Å²) in [4.78, 5) is 98.9. The molecular weight excluding hydrogens is 807 g/mol. The van der Waals surface area contributed by atoms with Gasteiger partial charge in [-0.2, -0.15) is 0 Å². The summed E-state index contributed by atoms with van der Waals surface area (Å²) >= 11 is 0. The van der Waals surface area contributed by atoms with Gasteiger partial charge in [0.1, 0.15) is 40.1 Å². The van der Waals surface area contributed by atoms with Crippen molar-refractivity contribution < 1.29 is 62.4 Å². The van der Waals surface area contributed by atoms with Gasteiger partial charge in [-0.05, 0) is 117 Å². The number of hydrogen-bond donors (Lipinski definition) is 2. The molecule has 358 valence electrons. The number of carboxylic acid groups (broad SMARTS) is 1. The van der Waals surface area contributed by atoms with Crippen LogP contribution in [-0.2, 0) is 57.2 Å². The Kier molecular flexibility index (Phi) is 22.0. The maximum Gasteiger partial charge on any atom is 0.326 e. The zero-order chi connectivity index (χ0) is 47.9. The first-order valence-corrected chi connectivity index (χ1v) is 21.6. The van der Waals surface area contributed by atoms with Crippen LogP contribution in [0.1, 0.15) is 130 Å². The highest BCUT2D eigenvalue weighted by atomic mass is 16.6. The Balaban J connectivity index is 3.59. The van der Waals surface area contributed by atoms with Crippen molar-refractivity contribution in [3.63, 3.8) is 0 Å². The molecule has 1 amide bonds. The van der Waals surface area contributed by atoms with E-state index >= 15 is 0 Å². The van der Waals surface area contributed by atoms with Crippen molar-refractivity contribution in [2.75, 3.05) is 72.0 Å². The smallest absolute Gasteiger partial charge is 0.326 e. The molecule has 0 aromatic heterocycles. The highest BCUT2D eigenvalue weighted by Crippen LogP contribution is 2.18. The third kappa shape index (κ3) is 27.2. The van der Waals surface area contributed by atoms with E-state index in [1.54, 1.807) is 104 Å². The highest BCUT2D eigenvalue weighted by molar-refractivity contribution is 5.85. The second-order valence-corrected chi connectivity index (χ2v) is 20.8. The summed E-state index contributed by atoms with van der Waals surface area (Å²) in [5.41, 5.74) is -3.85. The molecule has 1 aliphatic heterocycles. The molecule has 0 radical (unpaired) electrons. The van der Waals surface area contributed by atoms with Gasteiger partial charge in [0.15, 0.2) is 0 Å². The lowest BCUT2D eigenvalue weighted by molar-refractivity contribution is -0.163. The van der Waals surface area contributed by atoms with Gasteiger partial charge < -0.3 is 34.1 Å². The van der Waals surface area contributed by atoms with Crippen LogP contribution < -0.4 is 5.32 Å². The van der Waals surface area contributed by atoms with Gasteiger partial charge >= 0.3 is 35.8 Å². The molecule has 0 saturated carbocycles. The van der Waals surface area contributed by atoms with Gasteiger partial charge in [0, 0.05) is 65.2 Å². The lowest BCUT2D eigenvalue weighted by atomic mass is 10.1. The molecule has 62 heavy (non-hydrogen) atoms. The first kappa shape index (κ1) is 56.1. The maximum atomic E-state index is 14.1. The number of ether oxygens (including phenoxy) is 5. The van der Waals surface area contributed by atoms with Crippen LogP contribution in [0.25, 0.3) is 0 Å². The molecule has 1 aliphatic rings. The molecule has 0 aliphatic carbocycles. The van der Waals surface area contributed by atoms with Gasteiger partial charge in [-0.15, -0.1) is 0 Å². The van der Waals surface area contributed by atoms with Crippen molar-refractivity contribution in [2.24, 2.45) is 0 Å². The van der Waals surface area contributed by atoms with Gasteiger partial charge in [0.25, 0.3) is 0 Å². The van der Waals surface area contributed by atoms with Crippen molar-refractivity contribution in [2.45, 2.75) is 170 Å².